The second kappa shape index (κ2) is 9.22. The Balaban J connectivity index is 1.44. The molecule has 1 aliphatic rings. The topological polar surface area (TPSA) is 69.2 Å². The van der Waals surface area contributed by atoms with Crippen molar-refractivity contribution in [3.8, 4) is 5.75 Å². The van der Waals surface area contributed by atoms with E-state index in [1.54, 1.807) is 6.21 Å². The first-order valence-electron chi connectivity index (χ1n) is 9.55. The summed E-state index contributed by atoms with van der Waals surface area (Å²) >= 11 is 1.23. The molecule has 154 valence electrons. The molecule has 29 heavy (non-hydrogen) atoms. The number of aryl methyl sites for hydroxylation is 2. The number of fused-ring (bicyclic) bond motifs is 1. The number of hydrogen-bond donors (Lipinski definition) is 1. The summed E-state index contributed by atoms with van der Waals surface area (Å²) in [6.07, 6.45) is 2.88. The van der Waals surface area contributed by atoms with Gasteiger partial charge in [-0.15, -0.1) is 0 Å². The van der Waals surface area contributed by atoms with E-state index in [-0.39, 0.29) is 0 Å². The van der Waals surface area contributed by atoms with E-state index in [0.29, 0.717) is 6.61 Å². The molecule has 1 aliphatic heterocycles. The van der Waals surface area contributed by atoms with Crippen LogP contribution in [0, 0.1) is 13.8 Å². The van der Waals surface area contributed by atoms with Crippen molar-refractivity contribution in [3.63, 3.8) is 0 Å². The lowest BCUT2D eigenvalue weighted by Gasteiger charge is -2.33. The number of unbranched alkanes of at least 4 members (excludes halogenated alkanes) is 1. The average Bonchev–Trinajstić information content (AvgIpc) is 2.65. The Morgan fingerprint density at radius 3 is 2.72 bits per heavy atom. The van der Waals surface area contributed by atoms with E-state index in [4.69, 9.17) is 13.8 Å². The summed E-state index contributed by atoms with van der Waals surface area (Å²) in [6.45, 7) is 8.31. The predicted molar refractivity (Wildman–Crippen MR) is 116 cm³/mol. The van der Waals surface area contributed by atoms with Crippen molar-refractivity contribution < 1.29 is 18.6 Å². The molecule has 0 spiro atoms. The van der Waals surface area contributed by atoms with Gasteiger partial charge in [-0.1, -0.05) is 22.9 Å². The highest BCUT2D eigenvalue weighted by Gasteiger charge is 2.34. The quantitative estimate of drug-likeness (QED) is 0.249. The lowest BCUT2D eigenvalue weighted by Crippen LogP contribution is -2.34. The van der Waals surface area contributed by atoms with Crippen molar-refractivity contribution in [2.75, 3.05) is 11.9 Å². The lowest BCUT2D eigenvalue weighted by molar-refractivity contribution is 0.0418. The number of nitrogens with zero attached hydrogens (tertiary/aromatic N) is 1. The third kappa shape index (κ3) is 5.67. The highest BCUT2D eigenvalue weighted by Crippen LogP contribution is 2.39. The minimum absolute atomic E-state index is 0.433. The zero-order chi connectivity index (χ0) is 20.9. The van der Waals surface area contributed by atoms with Crippen LogP contribution in [-0.4, -0.2) is 18.9 Å². The Labute approximate surface area is 175 Å². The molecule has 0 atom stereocenters. The van der Waals surface area contributed by atoms with E-state index in [1.807, 2.05) is 64.1 Å². The summed E-state index contributed by atoms with van der Waals surface area (Å²) in [6, 6.07) is 11.9. The van der Waals surface area contributed by atoms with Crippen LogP contribution in [0.1, 0.15) is 43.4 Å². The number of rotatable bonds is 8. The van der Waals surface area contributed by atoms with Gasteiger partial charge in [0.15, 0.2) is 0 Å². The molecule has 0 radical (unpaired) electrons. The molecule has 2 aromatic rings. The van der Waals surface area contributed by atoms with E-state index in [1.165, 1.54) is 17.6 Å². The smallest absolute Gasteiger partial charge is 0.412 e. The van der Waals surface area contributed by atoms with Crippen LogP contribution >= 0.6 is 12.0 Å². The van der Waals surface area contributed by atoms with Gasteiger partial charge in [0.05, 0.1) is 17.2 Å². The number of carbonyl (C=O) groups is 1. The first-order chi connectivity index (χ1) is 13.8. The van der Waals surface area contributed by atoms with Crippen LogP contribution in [0.4, 0.5) is 10.5 Å². The van der Waals surface area contributed by atoms with Crippen molar-refractivity contribution in [2.24, 2.45) is 5.16 Å². The molecule has 0 saturated heterocycles. The van der Waals surface area contributed by atoms with Crippen LogP contribution in [0.5, 0.6) is 5.75 Å². The Morgan fingerprint density at radius 2 is 1.97 bits per heavy atom. The lowest BCUT2D eigenvalue weighted by atomic mass is 9.93. The van der Waals surface area contributed by atoms with Gasteiger partial charge in [-0.05, 0) is 70.4 Å². The number of amides is 1. The Kier molecular flexibility index (Phi) is 6.69. The minimum Gasteiger partial charge on any atom is -0.493 e. The predicted octanol–water partition coefficient (Wildman–Crippen LogP) is 5.97. The third-order valence-electron chi connectivity index (χ3n) is 4.56. The van der Waals surface area contributed by atoms with Gasteiger partial charge in [-0.25, -0.2) is 4.79 Å². The molecule has 1 amide bonds. The molecular weight excluding hydrogens is 388 g/mol. The molecular formula is C22H26N2O4S. The zero-order valence-corrected chi connectivity index (χ0v) is 18.0. The van der Waals surface area contributed by atoms with E-state index < -0.39 is 11.7 Å². The van der Waals surface area contributed by atoms with Crippen LogP contribution in [0.3, 0.4) is 0 Å². The number of nitrogens with one attached hydrogen (secondary N) is 1. The van der Waals surface area contributed by atoms with Crippen LogP contribution in [0.25, 0.3) is 0 Å². The minimum atomic E-state index is -0.692. The Bertz CT molecular complexity index is 894. The summed E-state index contributed by atoms with van der Waals surface area (Å²) in [5.41, 5.74) is 3.16. The maximum absolute atomic E-state index is 11.7. The van der Waals surface area contributed by atoms with Crippen molar-refractivity contribution >= 4 is 30.0 Å². The van der Waals surface area contributed by atoms with Crippen molar-refractivity contribution in [1.82, 2.24) is 0 Å². The fourth-order valence-corrected chi connectivity index (χ4v) is 3.40. The Hall–Kier alpha value is -2.67. The van der Waals surface area contributed by atoms with Gasteiger partial charge in [0.2, 0.25) is 0 Å². The summed E-state index contributed by atoms with van der Waals surface area (Å²) < 4.78 is 16.5. The Morgan fingerprint density at radius 1 is 1.21 bits per heavy atom. The number of cyclic esters (lactones) is 1. The van der Waals surface area contributed by atoms with E-state index in [2.05, 4.69) is 10.5 Å². The number of carbonyl (C=O) groups excluding carboxylic acids is 1. The molecule has 2 aromatic carbocycles. The SMILES string of the molecule is Cc1ccc(SON=CCCCOc2cc3c(cc2C)NC(=O)OC3(C)C)cc1. The number of anilines is 1. The molecule has 0 saturated carbocycles. The molecule has 6 nitrogen and oxygen atoms in total. The monoisotopic (exact) mass is 414 g/mol. The standard InChI is InChI=1S/C22H26N2O4S/c1-15-7-9-17(10-8-15)29-28-23-11-5-6-12-26-20-14-18-19(13-16(20)2)24-21(25)27-22(18,3)4/h7-11,13-14H,5-6,12H2,1-4H3,(H,24,25). The van der Waals surface area contributed by atoms with Crippen molar-refractivity contribution in [3.05, 3.63) is 53.1 Å². The van der Waals surface area contributed by atoms with E-state index in [0.717, 1.165) is 40.3 Å². The van der Waals surface area contributed by atoms with Gasteiger partial charge in [0.25, 0.3) is 0 Å². The highest BCUT2D eigenvalue weighted by molar-refractivity contribution is 7.94. The first kappa shape index (κ1) is 21.0. The second-order valence-electron chi connectivity index (χ2n) is 7.44. The molecule has 3 rings (SSSR count). The van der Waals surface area contributed by atoms with Gasteiger partial charge in [-0.2, -0.15) is 0 Å². The maximum Gasteiger partial charge on any atom is 0.412 e. The number of hydrogen-bond acceptors (Lipinski definition) is 6. The molecule has 0 bridgehead atoms. The van der Waals surface area contributed by atoms with Gasteiger partial charge in [-0.3, -0.25) is 5.32 Å². The van der Waals surface area contributed by atoms with Crippen LogP contribution in [-0.2, 0) is 14.6 Å². The third-order valence-corrected chi connectivity index (χ3v) is 5.18. The van der Waals surface area contributed by atoms with Gasteiger partial charge in [0.1, 0.15) is 23.4 Å². The largest absolute Gasteiger partial charge is 0.493 e. The van der Waals surface area contributed by atoms with Crippen molar-refractivity contribution in [1.29, 1.82) is 0 Å². The number of benzene rings is 2. The number of ether oxygens (including phenoxy) is 2. The molecule has 1 N–H and O–H groups in total. The van der Waals surface area contributed by atoms with E-state index >= 15 is 0 Å². The van der Waals surface area contributed by atoms with Crippen molar-refractivity contribution in [2.45, 2.75) is 51.0 Å². The summed E-state index contributed by atoms with van der Waals surface area (Å²) in [5, 5.41) is 6.70. The van der Waals surface area contributed by atoms with Crippen LogP contribution < -0.4 is 10.1 Å². The van der Waals surface area contributed by atoms with Crippen LogP contribution in [0.2, 0.25) is 0 Å². The molecule has 0 aromatic heterocycles. The van der Waals surface area contributed by atoms with Gasteiger partial charge < -0.3 is 13.8 Å². The first-order valence-corrected chi connectivity index (χ1v) is 10.3. The molecule has 0 unspecified atom stereocenters. The average molecular weight is 415 g/mol. The number of oxime groups is 1. The summed E-state index contributed by atoms with van der Waals surface area (Å²) in [5.74, 6) is 0.791. The molecule has 0 aliphatic carbocycles. The zero-order valence-electron chi connectivity index (χ0n) is 17.2. The molecule has 1 heterocycles. The van der Waals surface area contributed by atoms with Gasteiger partial charge in [0, 0.05) is 11.8 Å². The maximum atomic E-state index is 11.7. The van der Waals surface area contributed by atoms with Gasteiger partial charge >= 0.3 is 6.09 Å². The van der Waals surface area contributed by atoms with Crippen LogP contribution in [0.15, 0.2) is 46.4 Å². The van der Waals surface area contributed by atoms with E-state index in [9.17, 15) is 4.79 Å². The fourth-order valence-electron chi connectivity index (χ4n) is 2.97. The highest BCUT2D eigenvalue weighted by atomic mass is 32.2. The summed E-state index contributed by atoms with van der Waals surface area (Å²) in [7, 11) is 0. The normalized spacial score (nSPS) is 14.8. The molecule has 0 fully saturated rings. The second-order valence-corrected chi connectivity index (χ2v) is 8.22. The summed E-state index contributed by atoms with van der Waals surface area (Å²) in [4.78, 5) is 12.7. The fraction of sp³-hybridized carbons (Fsp3) is 0.364. The molecule has 7 heteroatoms.